The van der Waals surface area contributed by atoms with Crippen molar-refractivity contribution < 1.29 is 13.2 Å². The molecular weight excluding hydrogens is 516 g/mol. The zero-order chi connectivity index (χ0) is 27.1. The van der Waals surface area contributed by atoms with Gasteiger partial charge in [0.25, 0.3) is 15.9 Å². The number of nitrogens with zero attached hydrogens (tertiary/aromatic N) is 1. The molecule has 0 radical (unpaired) electrons. The second kappa shape index (κ2) is 12.3. The molecule has 0 aliphatic carbocycles. The largest absolute Gasteiger partial charge is 0.350 e. The van der Waals surface area contributed by atoms with Crippen molar-refractivity contribution in [1.82, 2.24) is 5.32 Å². The van der Waals surface area contributed by atoms with Crippen LogP contribution in [0.15, 0.2) is 108 Å². The molecular formula is C31H31ClN2O3S. The van der Waals surface area contributed by atoms with Crippen LogP contribution in [0.2, 0.25) is 5.02 Å². The Morgan fingerprint density at radius 2 is 1.50 bits per heavy atom. The first kappa shape index (κ1) is 27.4. The highest BCUT2D eigenvalue weighted by atomic mass is 35.5. The fourth-order valence-corrected chi connectivity index (χ4v) is 5.90. The molecule has 0 heterocycles. The van der Waals surface area contributed by atoms with E-state index in [-0.39, 0.29) is 23.4 Å². The Labute approximate surface area is 230 Å². The molecule has 4 rings (SSSR count). The molecule has 196 valence electrons. The van der Waals surface area contributed by atoms with Crippen molar-refractivity contribution in [3.8, 4) is 0 Å². The third-order valence-corrected chi connectivity index (χ3v) is 8.41. The zero-order valence-corrected chi connectivity index (χ0v) is 23.0. The van der Waals surface area contributed by atoms with Crippen molar-refractivity contribution in [3.05, 3.63) is 130 Å². The van der Waals surface area contributed by atoms with E-state index in [1.165, 1.54) is 9.87 Å². The Hall–Kier alpha value is -3.61. The lowest BCUT2D eigenvalue weighted by atomic mass is 10.1. The fourth-order valence-electron chi connectivity index (χ4n) is 4.21. The molecule has 5 nitrogen and oxygen atoms in total. The molecule has 7 heteroatoms. The van der Waals surface area contributed by atoms with Crippen molar-refractivity contribution in [2.45, 2.75) is 44.2 Å². The number of carbonyl (C=O) groups is 1. The van der Waals surface area contributed by atoms with Gasteiger partial charge in [-0.1, -0.05) is 78.3 Å². The summed E-state index contributed by atoms with van der Waals surface area (Å²) in [6.45, 7) is 3.94. The summed E-state index contributed by atoms with van der Waals surface area (Å²) in [5.41, 5.74) is 3.81. The summed E-state index contributed by atoms with van der Waals surface area (Å²) >= 11 is 6.25. The molecule has 0 unspecified atom stereocenters. The molecule has 0 spiro atoms. The molecule has 1 N–H and O–H groups in total. The Bertz CT molecular complexity index is 1480. The predicted molar refractivity (Wildman–Crippen MR) is 154 cm³/mol. The van der Waals surface area contributed by atoms with Crippen LogP contribution in [0.4, 0.5) is 5.69 Å². The molecule has 38 heavy (non-hydrogen) atoms. The normalized spacial score (nSPS) is 12.1. The lowest BCUT2D eigenvalue weighted by Gasteiger charge is -2.26. The highest BCUT2D eigenvalue weighted by Crippen LogP contribution is 2.31. The fraction of sp³-hybridized carbons (Fsp3) is 0.194. The van der Waals surface area contributed by atoms with E-state index < -0.39 is 10.0 Å². The summed E-state index contributed by atoms with van der Waals surface area (Å²) in [5, 5.41) is 3.50. The number of hydrogen-bond acceptors (Lipinski definition) is 3. The smallest absolute Gasteiger partial charge is 0.264 e. The summed E-state index contributed by atoms with van der Waals surface area (Å²) in [4.78, 5) is 13.0. The first-order valence-corrected chi connectivity index (χ1v) is 14.3. The number of sulfonamides is 1. The van der Waals surface area contributed by atoms with Gasteiger partial charge in [0.1, 0.15) is 0 Å². The summed E-state index contributed by atoms with van der Waals surface area (Å²) in [7, 11) is -3.87. The molecule has 0 saturated carbocycles. The van der Waals surface area contributed by atoms with Crippen LogP contribution in [0.1, 0.15) is 40.4 Å². The van der Waals surface area contributed by atoms with E-state index >= 15 is 0 Å². The van der Waals surface area contributed by atoms with Gasteiger partial charge in [-0.15, -0.1) is 0 Å². The van der Waals surface area contributed by atoms with Gasteiger partial charge in [0.2, 0.25) is 0 Å². The number of benzene rings is 4. The quantitative estimate of drug-likeness (QED) is 0.238. The van der Waals surface area contributed by atoms with Crippen molar-refractivity contribution in [2.75, 3.05) is 4.31 Å². The second-order valence-electron chi connectivity index (χ2n) is 9.35. The van der Waals surface area contributed by atoms with Gasteiger partial charge in [-0.3, -0.25) is 9.10 Å². The Morgan fingerprint density at radius 1 is 0.868 bits per heavy atom. The van der Waals surface area contributed by atoms with Gasteiger partial charge in [-0.25, -0.2) is 8.42 Å². The van der Waals surface area contributed by atoms with E-state index in [9.17, 15) is 13.2 Å². The minimum Gasteiger partial charge on any atom is -0.350 e. The monoisotopic (exact) mass is 546 g/mol. The number of carbonyl (C=O) groups excluding carboxylic acids is 1. The molecule has 0 bridgehead atoms. The summed E-state index contributed by atoms with van der Waals surface area (Å²) in [6, 6.07) is 30.8. The van der Waals surface area contributed by atoms with Gasteiger partial charge < -0.3 is 5.32 Å². The summed E-state index contributed by atoms with van der Waals surface area (Å²) in [5.74, 6) is -0.156. The number of halogens is 1. The van der Waals surface area contributed by atoms with Crippen LogP contribution >= 0.6 is 11.6 Å². The van der Waals surface area contributed by atoms with E-state index in [2.05, 4.69) is 17.4 Å². The second-order valence-corrected chi connectivity index (χ2v) is 11.6. The average Bonchev–Trinajstić information content (AvgIpc) is 2.93. The van der Waals surface area contributed by atoms with Crippen molar-refractivity contribution in [3.63, 3.8) is 0 Å². The number of nitrogens with one attached hydrogen (secondary N) is 1. The van der Waals surface area contributed by atoms with Gasteiger partial charge >= 0.3 is 0 Å². The summed E-state index contributed by atoms with van der Waals surface area (Å²) < 4.78 is 28.7. The van der Waals surface area contributed by atoms with Crippen LogP contribution in [0.5, 0.6) is 0 Å². The lowest BCUT2D eigenvalue weighted by Crippen LogP contribution is -2.33. The maximum Gasteiger partial charge on any atom is 0.264 e. The lowest BCUT2D eigenvalue weighted by molar-refractivity contribution is 0.0938. The average molecular weight is 547 g/mol. The first-order valence-electron chi connectivity index (χ1n) is 12.5. The highest BCUT2D eigenvalue weighted by Gasteiger charge is 2.26. The standard InChI is InChI=1S/C31H31ClN2O3S/c1-23-13-20-28(32)21-30(23)34(38(36,37)29-11-7-4-8-12-29)22-26-16-18-27(19-17-26)31(35)33-24(2)14-15-25-9-5-3-6-10-25/h3-13,16-21,24H,14-15,22H2,1-2H3,(H,33,35)/t24-/m1/s1. The molecule has 1 amide bonds. The van der Waals surface area contributed by atoms with Crippen LogP contribution < -0.4 is 9.62 Å². The molecule has 0 fully saturated rings. The minimum absolute atomic E-state index is 0.0136. The van der Waals surface area contributed by atoms with Gasteiger partial charge in [0.05, 0.1) is 17.1 Å². The number of rotatable bonds is 10. The van der Waals surface area contributed by atoms with Gasteiger partial charge in [0.15, 0.2) is 0 Å². The number of hydrogen-bond donors (Lipinski definition) is 1. The zero-order valence-electron chi connectivity index (χ0n) is 21.5. The topological polar surface area (TPSA) is 66.5 Å². The number of anilines is 1. The molecule has 0 aliphatic heterocycles. The van der Waals surface area contributed by atoms with E-state index in [0.717, 1.165) is 24.0 Å². The maximum atomic E-state index is 13.7. The molecule has 1 atom stereocenters. The van der Waals surface area contributed by atoms with E-state index in [1.807, 2.05) is 32.0 Å². The third-order valence-electron chi connectivity index (χ3n) is 6.40. The Kier molecular flexibility index (Phi) is 8.87. The van der Waals surface area contributed by atoms with Gasteiger partial charge in [0, 0.05) is 16.6 Å². The van der Waals surface area contributed by atoms with Crippen LogP contribution in [-0.2, 0) is 23.0 Å². The highest BCUT2D eigenvalue weighted by molar-refractivity contribution is 7.92. The van der Waals surface area contributed by atoms with Crippen LogP contribution in [0, 0.1) is 6.92 Å². The van der Waals surface area contributed by atoms with Crippen LogP contribution in [0.25, 0.3) is 0 Å². The van der Waals surface area contributed by atoms with Gasteiger partial charge in [-0.05, 0) is 79.8 Å². The SMILES string of the molecule is Cc1ccc(Cl)cc1N(Cc1ccc(C(=O)N[C@H](C)CCc2ccccc2)cc1)S(=O)(=O)c1ccccc1. The maximum absolute atomic E-state index is 13.7. The predicted octanol–water partition coefficient (Wildman–Crippen LogP) is 6.80. The van der Waals surface area contributed by atoms with E-state index in [4.69, 9.17) is 11.6 Å². The van der Waals surface area contributed by atoms with Crippen molar-refractivity contribution >= 4 is 33.2 Å². The van der Waals surface area contributed by atoms with E-state index in [0.29, 0.717) is 16.3 Å². The minimum atomic E-state index is -3.87. The molecule has 0 aromatic heterocycles. The van der Waals surface area contributed by atoms with Crippen molar-refractivity contribution in [1.29, 1.82) is 0 Å². The van der Waals surface area contributed by atoms with Crippen LogP contribution in [-0.4, -0.2) is 20.4 Å². The van der Waals surface area contributed by atoms with E-state index in [1.54, 1.807) is 72.8 Å². The van der Waals surface area contributed by atoms with Crippen molar-refractivity contribution in [2.24, 2.45) is 0 Å². The molecule has 0 saturated heterocycles. The third kappa shape index (κ3) is 6.82. The molecule has 4 aromatic rings. The Morgan fingerprint density at radius 3 is 2.16 bits per heavy atom. The van der Waals surface area contributed by atoms with Crippen LogP contribution in [0.3, 0.4) is 0 Å². The molecule has 4 aromatic carbocycles. The van der Waals surface area contributed by atoms with Gasteiger partial charge in [-0.2, -0.15) is 0 Å². The first-order chi connectivity index (χ1) is 18.2. The number of amides is 1. The Balaban J connectivity index is 1.50. The number of aryl methyl sites for hydroxylation is 2. The summed E-state index contributed by atoms with van der Waals surface area (Å²) in [6.07, 6.45) is 1.72. The molecule has 0 aliphatic rings.